The van der Waals surface area contributed by atoms with E-state index in [0.717, 1.165) is 0 Å². The third kappa shape index (κ3) is 6.26. The first-order valence-corrected chi connectivity index (χ1v) is 11.0. The molecule has 4 aromatic rings. The van der Waals surface area contributed by atoms with Gasteiger partial charge in [0, 0.05) is 17.1 Å². The molecule has 0 saturated carbocycles. The molecule has 1 atom stereocenters. The van der Waals surface area contributed by atoms with Crippen LogP contribution < -0.4 is 15.9 Å². The molecule has 0 aliphatic rings. The molecule has 0 aromatic heterocycles. The Morgan fingerprint density at radius 3 is 1.66 bits per heavy atom. The molecular weight excluding hydrogens is 413 g/mol. The third-order valence-electron chi connectivity index (χ3n) is 4.88. The van der Waals surface area contributed by atoms with Crippen molar-refractivity contribution < 1.29 is 17.1 Å². The van der Waals surface area contributed by atoms with Gasteiger partial charge in [-0.15, -0.1) is 5.30 Å². The maximum absolute atomic E-state index is 2.31. The molecule has 1 unspecified atom stereocenters. The summed E-state index contributed by atoms with van der Waals surface area (Å²) < 4.78 is 0. The number of benzene rings is 2. The Balaban J connectivity index is 0.000000437. The van der Waals surface area contributed by atoms with Gasteiger partial charge < -0.3 is 4.90 Å². The molecular formula is C26H28FeNP-2. The van der Waals surface area contributed by atoms with Gasteiger partial charge in [0.1, 0.15) is 0 Å². The van der Waals surface area contributed by atoms with Crippen molar-refractivity contribution in [3.63, 3.8) is 0 Å². The summed E-state index contributed by atoms with van der Waals surface area (Å²) in [4.78, 5) is 2.28. The summed E-state index contributed by atoms with van der Waals surface area (Å²) in [7, 11) is 3.78. The predicted octanol–water partition coefficient (Wildman–Crippen LogP) is 5.19. The molecule has 152 valence electrons. The monoisotopic (exact) mass is 441 g/mol. The van der Waals surface area contributed by atoms with E-state index in [4.69, 9.17) is 0 Å². The fourth-order valence-corrected chi connectivity index (χ4v) is 5.71. The van der Waals surface area contributed by atoms with Crippen LogP contribution in [0.3, 0.4) is 0 Å². The van der Waals surface area contributed by atoms with Crippen LogP contribution in [-0.2, 0) is 17.1 Å². The van der Waals surface area contributed by atoms with E-state index in [1.807, 2.05) is 30.3 Å². The Labute approximate surface area is 187 Å². The van der Waals surface area contributed by atoms with Crippen molar-refractivity contribution in [3.8, 4) is 0 Å². The van der Waals surface area contributed by atoms with Crippen LogP contribution in [0.1, 0.15) is 18.5 Å². The van der Waals surface area contributed by atoms with Crippen molar-refractivity contribution in [3.05, 3.63) is 115 Å². The minimum absolute atomic E-state index is 0. The first-order chi connectivity index (χ1) is 13.7. The van der Waals surface area contributed by atoms with E-state index in [1.54, 1.807) is 0 Å². The van der Waals surface area contributed by atoms with E-state index in [-0.39, 0.29) is 17.1 Å². The van der Waals surface area contributed by atoms with Gasteiger partial charge in [0.2, 0.25) is 0 Å². The first-order valence-electron chi connectivity index (χ1n) is 9.67. The predicted molar refractivity (Wildman–Crippen MR) is 125 cm³/mol. The quantitative estimate of drug-likeness (QED) is 0.234. The molecule has 0 bridgehead atoms. The number of hydrogen-bond donors (Lipinski definition) is 0. The van der Waals surface area contributed by atoms with Crippen LogP contribution in [0, 0.1) is 0 Å². The summed E-state index contributed by atoms with van der Waals surface area (Å²) in [6.07, 6.45) is 0. The van der Waals surface area contributed by atoms with Gasteiger partial charge in [0.25, 0.3) is 0 Å². The molecule has 0 saturated heterocycles. The molecule has 3 heteroatoms. The third-order valence-corrected chi connectivity index (χ3v) is 7.39. The molecule has 4 aromatic carbocycles. The second kappa shape index (κ2) is 11.9. The van der Waals surface area contributed by atoms with Crippen LogP contribution >= 0.6 is 7.92 Å². The molecule has 0 N–H and O–H groups in total. The fraction of sp³-hybridized carbons (Fsp3) is 0.154. The Morgan fingerprint density at radius 1 is 0.724 bits per heavy atom. The average Bonchev–Trinajstić information content (AvgIpc) is 3.45. The Kier molecular flexibility index (Phi) is 9.58. The molecule has 0 fully saturated rings. The van der Waals surface area contributed by atoms with Gasteiger partial charge in [0.05, 0.1) is 0 Å². The van der Waals surface area contributed by atoms with E-state index in [2.05, 4.69) is 105 Å². The van der Waals surface area contributed by atoms with Crippen molar-refractivity contribution in [2.24, 2.45) is 0 Å². The van der Waals surface area contributed by atoms with Crippen molar-refractivity contribution >= 4 is 23.8 Å². The van der Waals surface area contributed by atoms with Crippen LogP contribution in [-0.4, -0.2) is 19.0 Å². The van der Waals surface area contributed by atoms with Gasteiger partial charge >= 0.3 is 0 Å². The van der Waals surface area contributed by atoms with E-state index < -0.39 is 7.92 Å². The second-order valence-corrected chi connectivity index (χ2v) is 9.16. The number of hydrogen-bond acceptors (Lipinski definition) is 1. The van der Waals surface area contributed by atoms with Gasteiger partial charge in [0.15, 0.2) is 0 Å². The molecule has 0 radical (unpaired) electrons. The van der Waals surface area contributed by atoms with Crippen molar-refractivity contribution in [2.45, 2.75) is 13.0 Å². The summed E-state index contributed by atoms with van der Waals surface area (Å²) in [5.74, 6) is 0. The van der Waals surface area contributed by atoms with Crippen LogP contribution in [0.5, 0.6) is 0 Å². The molecule has 0 aliphatic heterocycles. The average molecular weight is 441 g/mol. The molecule has 1 nitrogen and oxygen atoms in total. The summed E-state index contributed by atoms with van der Waals surface area (Å²) >= 11 is 0. The standard InChI is InChI=1S/C21H23NP.C5H5.Fe/c1-17(22(2)3)20-15-10-16-21(20)23(18-11-6-4-7-12-18)19-13-8-5-9-14-19;1-2-4-5-3-1;/h4-17H,1-3H3;1-5H;/q2*-1;. The van der Waals surface area contributed by atoms with Gasteiger partial charge in [-0.1, -0.05) is 67.6 Å². The zero-order chi connectivity index (χ0) is 19.8. The van der Waals surface area contributed by atoms with E-state index in [1.165, 1.54) is 21.5 Å². The largest absolute Gasteiger partial charge is 0.315 e. The number of rotatable bonds is 5. The Hall–Kier alpha value is -1.95. The van der Waals surface area contributed by atoms with E-state index >= 15 is 0 Å². The van der Waals surface area contributed by atoms with Crippen molar-refractivity contribution in [1.82, 2.24) is 4.90 Å². The Bertz CT molecular complexity index is 857. The van der Waals surface area contributed by atoms with Crippen molar-refractivity contribution in [1.29, 1.82) is 0 Å². The fourth-order valence-electron chi connectivity index (χ4n) is 3.16. The van der Waals surface area contributed by atoms with Crippen LogP contribution in [0.4, 0.5) is 0 Å². The summed E-state index contributed by atoms with van der Waals surface area (Å²) in [5.41, 5.74) is 1.44. The maximum atomic E-state index is 2.31. The first kappa shape index (κ1) is 23.3. The SMILES string of the molecule is CC(c1cc[cH-]c1P(c1ccccc1)c1ccccc1)N(C)C.[Fe].c1cc[cH-]c1. The van der Waals surface area contributed by atoms with Crippen LogP contribution in [0.2, 0.25) is 0 Å². The smallest absolute Gasteiger partial charge is 0 e. The minimum atomic E-state index is -0.514. The van der Waals surface area contributed by atoms with Gasteiger partial charge in [-0.3, -0.25) is 0 Å². The zero-order valence-electron chi connectivity index (χ0n) is 17.2. The van der Waals surface area contributed by atoms with E-state index in [9.17, 15) is 0 Å². The molecule has 0 aliphatic carbocycles. The summed E-state index contributed by atoms with van der Waals surface area (Å²) in [6, 6.07) is 39.0. The Morgan fingerprint density at radius 2 is 1.24 bits per heavy atom. The van der Waals surface area contributed by atoms with Gasteiger partial charge in [-0.05, 0) is 38.7 Å². The van der Waals surface area contributed by atoms with Crippen molar-refractivity contribution in [2.75, 3.05) is 14.1 Å². The molecule has 4 rings (SSSR count). The molecule has 0 heterocycles. The maximum Gasteiger partial charge on any atom is 0 e. The summed E-state index contributed by atoms with van der Waals surface area (Å²) in [5, 5.41) is 4.29. The molecule has 0 spiro atoms. The van der Waals surface area contributed by atoms with Gasteiger partial charge in [-0.25, -0.2) is 18.2 Å². The minimum Gasteiger partial charge on any atom is -0.315 e. The topological polar surface area (TPSA) is 3.24 Å². The summed E-state index contributed by atoms with van der Waals surface area (Å²) in [6.45, 7) is 2.28. The molecule has 29 heavy (non-hydrogen) atoms. The normalized spacial score (nSPS) is 11.5. The van der Waals surface area contributed by atoms with E-state index in [0.29, 0.717) is 6.04 Å². The van der Waals surface area contributed by atoms with Crippen LogP contribution in [0.25, 0.3) is 0 Å². The number of nitrogens with zero attached hydrogens (tertiary/aromatic N) is 1. The second-order valence-electron chi connectivity index (χ2n) is 6.97. The zero-order valence-corrected chi connectivity index (χ0v) is 19.2. The molecule has 0 amide bonds. The van der Waals surface area contributed by atoms with Gasteiger partial charge in [-0.2, -0.15) is 35.9 Å². The van der Waals surface area contributed by atoms with Crippen LogP contribution in [0.15, 0.2) is 109 Å².